The van der Waals surface area contributed by atoms with Crippen molar-refractivity contribution in [3.8, 4) is 11.3 Å². The van der Waals surface area contributed by atoms with E-state index >= 15 is 0 Å². The highest BCUT2D eigenvalue weighted by Gasteiger charge is 2.21. The van der Waals surface area contributed by atoms with Gasteiger partial charge in [-0.3, -0.25) is 0 Å². The number of thiazole rings is 1. The first-order valence-electron chi connectivity index (χ1n) is 8.17. The summed E-state index contributed by atoms with van der Waals surface area (Å²) in [5.41, 5.74) is 2.93. The van der Waals surface area contributed by atoms with Crippen molar-refractivity contribution in [2.45, 2.75) is 39.2 Å². The molecule has 0 aliphatic rings. The molecule has 2 atom stereocenters. The highest BCUT2D eigenvalue weighted by atomic mass is 35.5. The van der Waals surface area contributed by atoms with Crippen LogP contribution in [0, 0.1) is 6.92 Å². The van der Waals surface area contributed by atoms with Crippen LogP contribution in [-0.2, 0) is 0 Å². The van der Waals surface area contributed by atoms with Crippen molar-refractivity contribution >= 4 is 39.7 Å². The van der Waals surface area contributed by atoms with E-state index in [0.29, 0.717) is 16.0 Å². The molecule has 0 aliphatic heterocycles. The van der Waals surface area contributed by atoms with E-state index in [2.05, 4.69) is 36.1 Å². The Kier molecular flexibility index (Phi) is 5.67. The summed E-state index contributed by atoms with van der Waals surface area (Å²) in [4.78, 5) is 13.2. The summed E-state index contributed by atoms with van der Waals surface area (Å²) in [6.45, 7) is 6.41. The zero-order valence-electron chi connectivity index (χ0n) is 14.3. The van der Waals surface area contributed by atoms with Crippen LogP contribution in [0.1, 0.15) is 36.8 Å². The number of hydrogen-bond donors (Lipinski definition) is 2. The van der Waals surface area contributed by atoms with Gasteiger partial charge >= 0.3 is 0 Å². The van der Waals surface area contributed by atoms with Gasteiger partial charge in [-0.25, -0.2) is 9.97 Å². The van der Waals surface area contributed by atoms with E-state index < -0.39 is 0 Å². The summed E-state index contributed by atoms with van der Waals surface area (Å²) in [6.07, 6.45) is 4.57. The van der Waals surface area contributed by atoms with E-state index in [1.807, 2.05) is 18.3 Å². The molecule has 0 spiro atoms. The Hall–Kier alpha value is -1.56. The Balaban J connectivity index is 1.84. The van der Waals surface area contributed by atoms with Crippen LogP contribution in [0.15, 0.2) is 30.7 Å². The van der Waals surface area contributed by atoms with E-state index in [0.717, 1.165) is 33.4 Å². The van der Waals surface area contributed by atoms with E-state index in [4.69, 9.17) is 28.2 Å². The zero-order chi connectivity index (χ0) is 18.0. The third-order valence-corrected chi connectivity index (χ3v) is 5.79. The van der Waals surface area contributed by atoms with Crippen LogP contribution in [0.5, 0.6) is 0 Å². The van der Waals surface area contributed by atoms with Crippen molar-refractivity contribution in [1.29, 1.82) is 0 Å². The minimum atomic E-state index is 0.263. The first kappa shape index (κ1) is 18.2. The first-order chi connectivity index (χ1) is 12.0. The monoisotopic (exact) mass is 394 g/mol. The number of nitrogens with one attached hydrogen (secondary N) is 2. The molecule has 0 radical (unpaired) electrons. The number of benzene rings is 1. The van der Waals surface area contributed by atoms with Gasteiger partial charge in [-0.15, -0.1) is 11.3 Å². The van der Waals surface area contributed by atoms with Crippen molar-refractivity contribution in [2.75, 3.05) is 5.32 Å². The molecule has 132 valence electrons. The largest absolute Gasteiger partial charge is 0.358 e. The summed E-state index contributed by atoms with van der Waals surface area (Å²) in [6, 6.07) is 5.77. The van der Waals surface area contributed by atoms with Crippen LogP contribution in [-0.4, -0.2) is 21.0 Å². The van der Waals surface area contributed by atoms with Crippen LogP contribution in [0.4, 0.5) is 5.13 Å². The van der Waals surface area contributed by atoms with Crippen LogP contribution in [0.25, 0.3) is 11.3 Å². The van der Waals surface area contributed by atoms with Crippen LogP contribution < -0.4 is 5.32 Å². The van der Waals surface area contributed by atoms with Crippen LogP contribution in [0.3, 0.4) is 0 Å². The molecule has 0 bridgehead atoms. The zero-order valence-corrected chi connectivity index (χ0v) is 16.6. The Bertz CT molecular complexity index is 845. The lowest BCUT2D eigenvalue weighted by Crippen LogP contribution is -2.25. The van der Waals surface area contributed by atoms with Gasteiger partial charge in [0.05, 0.1) is 17.0 Å². The molecule has 0 fully saturated rings. The summed E-state index contributed by atoms with van der Waals surface area (Å²) in [5.74, 6) is 0.305. The molecule has 3 rings (SSSR count). The Morgan fingerprint density at radius 3 is 2.76 bits per heavy atom. The van der Waals surface area contributed by atoms with Crippen LogP contribution in [0.2, 0.25) is 10.0 Å². The van der Waals surface area contributed by atoms with Crippen molar-refractivity contribution in [3.63, 3.8) is 0 Å². The number of aromatic amines is 1. The molecule has 0 amide bonds. The van der Waals surface area contributed by atoms with Crippen LogP contribution >= 0.6 is 34.5 Å². The van der Waals surface area contributed by atoms with Crippen molar-refractivity contribution in [2.24, 2.45) is 0 Å². The van der Waals surface area contributed by atoms with Gasteiger partial charge in [0.1, 0.15) is 0 Å². The van der Waals surface area contributed by atoms with Crippen molar-refractivity contribution in [3.05, 3.63) is 51.3 Å². The highest BCUT2D eigenvalue weighted by Crippen LogP contribution is 2.36. The normalized spacial score (nSPS) is 13.6. The quantitative estimate of drug-likeness (QED) is 0.527. The van der Waals surface area contributed by atoms with Gasteiger partial charge in [-0.2, -0.15) is 0 Å². The number of nitrogens with zero attached hydrogens (tertiary/aromatic N) is 2. The lowest BCUT2D eigenvalue weighted by molar-refractivity contribution is 0.576. The van der Waals surface area contributed by atoms with Gasteiger partial charge in [0, 0.05) is 39.3 Å². The molecule has 2 aromatic heterocycles. The fraction of sp³-hybridized carbons (Fsp3) is 0.333. The minimum absolute atomic E-state index is 0.263. The molecule has 7 heteroatoms. The summed E-state index contributed by atoms with van der Waals surface area (Å²) in [7, 11) is 0. The second-order valence-electron chi connectivity index (χ2n) is 6.00. The van der Waals surface area contributed by atoms with Crippen molar-refractivity contribution in [1.82, 2.24) is 15.0 Å². The Morgan fingerprint density at radius 2 is 2.12 bits per heavy atom. The van der Waals surface area contributed by atoms with E-state index in [9.17, 15) is 0 Å². The SMILES string of the molecule is CCC(Nc1nc(-c2ccc(Cl)cc2Cl)c(C)s1)C(C)c1cnc[nH]1. The Labute approximate surface area is 161 Å². The summed E-state index contributed by atoms with van der Waals surface area (Å²) < 4.78 is 0. The van der Waals surface area contributed by atoms with E-state index in [1.54, 1.807) is 23.7 Å². The topological polar surface area (TPSA) is 53.6 Å². The predicted octanol–water partition coefficient (Wildman–Crippen LogP) is 6.14. The lowest BCUT2D eigenvalue weighted by atomic mass is 9.97. The van der Waals surface area contributed by atoms with Gasteiger partial charge < -0.3 is 10.3 Å². The third kappa shape index (κ3) is 4.00. The number of aryl methyl sites for hydroxylation is 1. The number of anilines is 1. The van der Waals surface area contributed by atoms with E-state index in [1.165, 1.54) is 0 Å². The highest BCUT2D eigenvalue weighted by molar-refractivity contribution is 7.16. The number of hydrogen-bond acceptors (Lipinski definition) is 4. The molecule has 2 heterocycles. The molecule has 0 saturated heterocycles. The van der Waals surface area contributed by atoms with Gasteiger partial charge in [-0.1, -0.05) is 37.0 Å². The second kappa shape index (κ2) is 7.77. The number of halogens is 2. The number of rotatable bonds is 6. The summed E-state index contributed by atoms with van der Waals surface area (Å²) >= 11 is 14.0. The molecule has 1 aromatic carbocycles. The number of H-pyrrole nitrogens is 1. The second-order valence-corrected chi connectivity index (χ2v) is 8.05. The van der Waals surface area contributed by atoms with Gasteiger partial charge in [0.25, 0.3) is 0 Å². The molecule has 0 aliphatic carbocycles. The molecule has 2 N–H and O–H groups in total. The fourth-order valence-electron chi connectivity index (χ4n) is 2.86. The Morgan fingerprint density at radius 1 is 1.32 bits per heavy atom. The fourth-order valence-corrected chi connectivity index (χ4v) is 4.25. The average molecular weight is 395 g/mol. The van der Waals surface area contributed by atoms with Gasteiger partial charge in [0.15, 0.2) is 5.13 Å². The molecule has 2 unspecified atom stereocenters. The molecule has 4 nitrogen and oxygen atoms in total. The molecule has 3 aromatic rings. The standard InChI is InChI=1S/C18H20Cl2N4S/c1-4-15(10(2)16-8-21-9-22-16)23-18-24-17(11(3)25-18)13-6-5-12(19)7-14(13)20/h5-10,15H,4H2,1-3H3,(H,21,22)(H,23,24). The smallest absolute Gasteiger partial charge is 0.183 e. The maximum atomic E-state index is 6.34. The predicted molar refractivity (Wildman–Crippen MR) is 107 cm³/mol. The maximum Gasteiger partial charge on any atom is 0.183 e. The minimum Gasteiger partial charge on any atom is -0.358 e. The number of imidazole rings is 1. The number of aromatic nitrogens is 3. The molecule has 25 heavy (non-hydrogen) atoms. The third-order valence-electron chi connectivity index (χ3n) is 4.35. The van der Waals surface area contributed by atoms with Gasteiger partial charge in [0.2, 0.25) is 0 Å². The van der Waals surface area contributed by atoms with Gasteiger partial charge in [-0.05, 0) is 31.5 Å². The maximum absolute atomic E-state index is 6.34. The molecular formula is C18H20Cl2N4S. The first-order valence-corrected chi connectivity index (χ1v) is 9.74. The van der Waals surface area contributed by atoms with E-state index in [-0.39, 0.29) is 6.04 Å². The molecule has 0 saturated carbocycles. The molecular weight excluding hydrogens is 375 g/mol. The van der Waals surface area contributed by atoms with Crippen molar-refractivity contribution < 1.29 is 0 Å². The average Bonchev–Trinajstić information content (AvgIpc) is 3.22. The summed E-state index contributed by atoms with van der Waals surface area (Å²) in [5, 5.41) is 5.71. The lowest BCUT2D eigenvalue weighted by Gasteiger charge is -2.22.